The molecule has 6 nitrogen and oxygen atoms in total. The number of benzene rings is 1. The van der Waals surface area contributed by atoms with Gasteiger partial charge in [0.25, 0.3) is 0 Å². The number of nitrogens with two attached hydrogens (primary N) is 1. The molecule has 1 aromatic heterocycles. The van der Waals surface area contributed by atoms with E-state index in [-0.39, 0.29) is 11.7 Å². The Balaban J connectivity index is 2.21. The minimum absolute atomic E-state index is 0.137. The smallest absolute Gasteiger partial charge is 0.352 e. The Bertz CT molecular complexity index is 689. The quantitative estimate of drug-likeness (QED) is 0.753. The first-order valence-corrected chi connectivity index (χ1v) is 5.96. The molecule has 0 amide bonds. The van der Waals surface area contributed by atoms with Crippen molar-refractivity contribution in [3.05, 3.63) is 35.5 Å². The number of guanidine groups is 1. The molecule has 3 rings (SSSR count). The lowest BCUT2D eigenvalue weighted by molar-refractivity contribution is 0.0689. The normalized spacial score (nSPS) is 18.9. The summed E-state index contributed by atoms with van der Waals surface area (Å²) in [5, 5.41) is 10.3. The second-order valence-corrected chi connectivity index (χ2v) is 4.59. The molecular formula is C13H14N4O2. The number of hydrogen-bond acceptors (Lipinski definition) is 4. The molecule has 0 aliphatic carbocycles. The van der Waals surface area contributed by atoms with Crippen LogP contribution in [0.5, 0.6) is 0 Å². The van der Waals surface area contributed by atoms with Crippen molar-refractivity contribution in [1.82, 2.24) is 9.88 Å². The molecule has 0 radical (unpaired) electrons. The van der Waals surface area contributed by atoms with E-state index in [1.54, 1.807) is 0 Å². The maximum Gasteiger partial charge on any atom is 0.352 e. The highest BCUT2D eigenvalue weighted by atomic mass is 16.4. The van der Waals surface area contributed by atoms with Crippen LogP contribution in [0.2, 0.25) is 0 Å². The van der Waals surface area contributed by atoms with Crippen molar-refractivity contribution in [3.8, 4) is 0 Å². The number of rotatable bonds is 2. The highest BCUT2D eigenvalue weighted by molar-refractivity contribution is 5.98. The summed E-state index contributed by atoms with van der Waals surface area (Å²) in [5.41, 5.74) is 7.53. The van der Waals surface area contributed by atoms with E-state index in [1.807, 2.05) is 36.2 Å². The van der Waals surface area contributed by atoms with Crippen molar-refractivity contribution in [2.24, 2.45) is 10.7 Å². The highest BCUT2D eigenvalue weighted by Gasteiger charge is 2.31. The standard InChI is InChI=1S/C13H14N4O2/c1-17-9(6-15-13(17)14)10-7-4-2-3-5-8(7)16-11(10)12(18)19/h2-5,9,16H,6H2,1H3,(H2,14,15)(H,18,19). The van der Waals surface area contributed by atoms with Crippen LogP contribution in [0, 0.1) is 0 Å². The molecule has 1 aromatic carbocycles. The van der Waals surface area contributed by atoms with E-state index in [9.17, 15) is 9.90 Å². The number of likely N-dealkylation sites (N-methyl/N-ethyl adjacent to an activating group) is 1. The number of nitrogens with zero attached hydrogens (tertiary/aromatic N) is 2. The lowest BCUT2D eigenvalue weighted by Crippen LogP contribution is -2.32. The molecule has 0 saturated heterocycles. The van der Waals surface area contributed by atoms with Gasteiger partial charge >= 0.3 is 5.97 Å². The summed E-state index contributed by atoms with van der Waals surface area (Å²) in [5.74, 6) is -0.531. The Hall–Kier alpha value is -2.50. The summed E-state index contributed by atoms with van der Waals surface area (Å²) in [6, 6.07) is 7.41. The van der Waals surface area contributed by atoms with Gasteiger partial charge in [-0.05, 0) is 6.07 Å². The zero-order chi connectivity index (χ0) is 13.6. The van der Waals surface area contributed by atoms with Gasteiger partial charge in [0, 0.05) is 23.5 Å². The van der Waals surface area contributed by atoms with Gasteiger partial charge in [0.2, 0.25) is 0 Å². The van der Waals surface area contributed by atoms with Crippen molar-refractivity contribution in [2.75, 3.05) is 13.6 Å². The Morgan fingerprint density at radius 2 is 2.26 bits per heavy atom. The van der Waals surface area contributed by atoms with Gasteiger partial charge in [0.15, 0.2) is 5.96 Å². The molecule has 1 atom stereocenters. The first-order chi connectivity index (χ1) is 9.09. The number of aromatic nitrogens is 1. The number of hydrogen-bond donors (Lipinski definition) is 3. The lowest BCUT2D eigenvalue weighted by Gasteiger charge is -2.21. The van der Waals surface area contributed by atoms with Crippen LogP contribution in [0.3, 0.4) is 0 Å². The summed E-state index contributed by atoms with van der Waals surface area (Å²) in [6.45, 7) is 0.477. The van der Waals surface area contributed by atoms with E-state index < -0.39 is 5.97 Å². The molecule has 19 heavy (non-hydrogen) atoms. The fraction of sp³-hybridized carbons (Fsp3) is 0.231. The van der Waals surface area contributed by atoms with E-state index >= 15 is 0 Å². The minimum atomic E-state index is -0.968. The number of carboxylic acid groups (broad SMARTS) is 1. The van der Waals surface area contributed by atoms with Crippen LogP contribution in [0.25, 0.3) is 10.9 Å². The fourth-order valence-electron chi connectivity index (χ4n) is 2.54. The Morgan fingerprint density at radius 1 is 1.53 bits per heavy atom. The third-order valence-corrected chi connectivity index (χ3v) is 3.55. The molecule has 1 aliphatic rings. The predicted octanol–water partition coefficient (Wildman–Crippen LogP) is 1.17. The number of carbonyl (C=O) groups is 1. The molecule has 0 saturated carbocycles. The van der Waals surface area contributed by atoms with Gasteiger partial charge in [-0.2, -0.15) is 0 Å². The van der Waals surface area contributed by atoms with Crippen molar-refractivity contribution in [1.29, 1.82) is 0 Å². The number of nitrogens with one attached hydrogen (secondary N) is 1. The molecule has 4 N–H and O–H groups in total. The number of carboxylic acids is 1. The van der Waals surface area contributed by atoms with Gasteiger partial charge in [-0.1, -0.05) is 18.2 Å². The van der Waals surface area contributed by atoms with Crippen LogP contribution in [0.4, 0.5) is 0 Å². The summed E-state index contributed by atoms with van der Waals surface area (Å²) in [4.78, 5) is 20.4. The van der Waals surface area contributed by atoms with Crippen LogP contribution < -0.4 is 5.73 Å². The molecule has 2 aromatic rings. The zero-order valence-corrected chi connectivity index (χ0v) is 10.4. The second kappa shape index (κ2) is 4.01. The van der Waals surface area contributed by atoms with E-state index in [0.717, 1.165) is 16.5 Å². The summed E-state index contributed by atoms with van der Waals surface area (Å²) in [7, 11) is 1.82. The van der Waals surface area contributed by atoms with Gasteiger partial charge < -0.3 is 20.7 Å². The molecule has 1 aliphatic heterocycles. The third-order valence-electron chi connectivity index (χ3n) is 3.55. The first kappa shape index (κ1) is 11.6. The molecular weight excluding hydrogens is 244 g/mol. The average molecular weight is 258 g/mol. The average Bonchev–Trinajstić information content (AvgIpc) is 2.92. The van der Waals surface area contributed by atoms with Crippen LogP contribution >= 0.6 is 0 Å². The fourth-order valence-corrected chi connectivity index (χ4v) is 2.54. The topological polar surface area (TPSA) is 94.7 Å². The molecule has 1 unspecified atom stereocenters. The summed E-state index contributed by atoms with van der Waals surface area (Å²) >= 11 is 0. The van der Waals surface area contributed by atoms with Gasteiger partial charge in [0.1, 0.15) is 5.69 Å². The summed E-state index contributed by atoms with van der Waals surface area (Å²) in [6.07, 6.45) is 0. The van der Waals surface area contributed by atoms with Crippen molar-refractivity contribution < 1.29 is 9.90 Å². The second-order valence-electron chi connectivity index (χ2n) is 4.59. The van der Waals surface area contributed by atoms with Gasteiger partial charge in [-0.3, -0.25) is 4.99 Å². The maximum absolute atomic E-state index is 11.4. The molecule has 2 heterocycles. The van der Waals surface area contributed by atoms with Crippen molar-refractivity contribution >= 4 is 22.8 Å². The van der Waals surface area contributed by atoms with Gasteiger partial charge in [0.05, 0.1) is 12.6 Å². The van der Waals surface area contributed by atoms with Crippen LogP contribution in [0.15, 0.2) is 29.3 Å². The predicted molar refractivity (Wildman–Crippen MR) is 72.3 cm³/mol. The van der Waals surface area contributed by atoms with Crippen LogP contribution in [-0.2, 0) is 0 Å². The van der Waals surface area contributed by atoms with E-state index in [2.05, 4.69) is 9.98 Å². The van der Waals surface area contributed by atoms with E-state index in [0.29, 0.717) is 12.5 Å². The number of para-hydroxylation sites is 1. The lowest BCUT2D eigenvalue weighted by atomic mass is 10.0. The van der Waals surface area contributed by atoms with Gasteiger partial charge in [-0.15, -0.1) is 0 Å². The minimum Gasteiger partial charge on any atom is -0.477 e. The Labute approximate surface area is 109 Å². The molecule has 0 spiro atoms. The SMILES string of the molecule is CN1C(N)=NCC1c1c(C(=O)O)[nH]c2ccccc12. The maximum atomic E-state index is 11.4. The summed E-state index contributed by atoms with van der Waals surface area (Å²) < 4.78 is 0. The molecule has 6 heteroatoms. The monoisotopic (exact) mass is 258 g/mol. The Morgan fingerprint density at radius 3 is 2.89 bits per heavy atom. The highest BCUT2D eigenvalue weighted by Crippen LogP contribution is 2.33. The molecule has 0 fully saturated rings. The Kier molecular flexibility index (Phi) is 2.45. The zero-order valence-electron chi connectivity index (χ0n) is 10.4. The van der Waals surface area contributed by atoms with Crippen LogP contribution in [-0.4, -0.2) is 40.5 Å². The third kappa shape index (κ3) is 1.64. The van der Waals surface area contributed by atoms with Crippen molar-refractivity contribution in [2.45, 2.75) is 6.04 Å². The number of aromatic carboxylic acids is 1. The number of H-pyrrole nitrogens is 1. The number of fused-ring (bicyclic) bond motifs is 1. The number of aromatic amines is 1. The molecule has 0 bridgehead atoms. The van der Waals surface area contributed by atoms with Crippen LogP contribution in [0.1, 0.15) is 22.1 Å². The first-order valence-electron chi connectivity index (χ1n) is 5.96. The molecule has 98 valence electrons. The van der Waals surface area contributed by atoms with E-state index in [4.69, 9.17) is 5.73 Å². The number of aliphatic imine (C=N–C) groups is 1. The van der Waals surface area contributed by atoms with Crippen molar-refractivity contribution in [3.63, 3.8) is 0 Å². The van der Waals surface area contributed by atoms with E-state index in [1.165, 1.54) is 0 Å². The largest absolute Gasteiger partial charge is 0.477 e. The van der Waals surface area contributed by atoms with Gasteiger partial charge in [-0.25, -0.2) is 4.79 Å².